The Morgan fingerprint density at radius 1 is 1.17 bits per heavy atom. The molecule has 2 aliphatic rings. The molecule has 3 atom stereocenters. The molecule has 0 bridgehead atoms. The van der Waals surface area contributed by atoms with E-state index in [9.17, 15) is 0 Å². The van der Waals surface area contributed by atoms with Crippen LogP contribution in [0, 0.1) is 16.7 Å². The summed E-state index contributed by atoms with van der Waals surface area (Å²) in [4.78, 5) is 0. The van der Waals surface area contributed by atoms with Crippen molar-refractivity contribution >= 4 is 0 Å². The molecule has 1 fully saturated rings. The highest BCUT2D eigenvalue weighted by molar-refractivity contribution is 5.57. The summed E-state index contributed by atoms with van der Waals surface area (Å²) >= 11 is 0. The van der Waals surface area contributed by atoms with Crippen molar-refractivity contribution < 1.29 is 0 Å². The topological polar surface area (TPSA) is 0 Å². The number of hydrogen-bond acceptors (Lipinski definition) is 0. The second-order valence-electron chi connectivity index (χ2n) is 4.85. The Hall–Kier alpha value is -0.520. The molecule has 0 amide bonds. The maximum absolute atomic E-state index is 4.22. The van der Waals surface area contributed by atoms with E-state index in [4.69, 9.17) is 0 Å². The van der Waals surface area contributed by atoms with Crippen LogP contribution in [0.25, 0.3) is 0 Å². The van der Waals surface area contributed by atoms with Crippen LogP contribution in [0.4, 0.5) is 0 Å². The summed E-state index contributed by atoms with van der Waals surface area (Å²) in [6.45, 7) is 15.8. The molecule has 0 aromatic heterocycles. The number of hydrogen-bond donors (Lipinski definition) is 0. The standard InChI is InChI=1S/C12H18/c1-7-8(2)11(5)10(4)12(11,6)9(7)3/h10H,2H2,1,3-6H3. The molecular formula is C12H18. The van der Waals surface area contributed by atoms with Gasteiger partial charge in [0.15, 0.2) is 0 Å². The Balaban J connectivity index is 2.59. The van der Waals surface area contributed by atoms with Crippen molar-refractivity contribution in [2.75, 3.05) is 0 Å². The maximum Gasteiger partial charge on any atom is 0.00495 e. The molecular weight excluding hydrogens is 144 g/mol. The lowest BCUT2D eigenvalue weighted by atomic mass is 9.93. The van der Waals surface area contributed by atoms with Gasteiger partial charge in [-0.15, -0.1) is 0 Å². The van der Waals surface area contributed by atoms with E-state index >= 15 is 0 Å². The minimum absolute atomic E-state index is 0.390. The van der Waals surface area contributed by atoms with E-state index < -0.39 is 0 Å². The minimum atomic E-state index is 0.390. The molecule has 0 saturated heterocycles. The van der Waals surface area contributed by atoms with Crippen LogP contribution in [-0.2, 0) is 0 Å². The lowest BCUT2D eigenvalue weighted by Gasteiger charge is -2.10. The summed E-state index contributed by atoms with van der Waals surface area (Å²) < 4.78 is 0. The van der Waals surface area contributed by atoms with Gasteiger partial charge in [0, 0.05) is 10.8 Å². The van der Waals surface area contributed by atoms with Crippen LogP contribution in [0.3, 0.4) is 0 Å². The Morgan fingerprint density at radius 2 is 1.67 bits per heavy atom. The third kappa shape index (κ3) is 0.460. The van der Waals surface area contributed by atoms with Crippen molar-refractivity contribution in [2.45, 2.75) is 34.6 Å². The lowest BCUT2D eigenvalue weighted by Crippen LogP contribution is -2.02. The SMILES string of the molecule is C=C1C(C)=C(C)C2(C)C(C)C12C. The van der Waals surface area contributed by atoms with Crippen LogP contribution in [0.15, 0.2) is 23.3 Å². The molecule has 3 unspecified atom stereocenters. The average molecular weight is 162 g/mol. The molecule has 0 aromatic rings. The van der Waals surface area contributed by atoms with E-state index in [0.717, 1.165) is 5.92 Å². The van der Waals surface area contributed by atoms with Gasteiger partial charge in [0.1, 0.15) is 0 Å². The number of fused-ring (bicyclic) bond motifs is 1. The molecule has 0 radical (unpaired) electrons. The molecule has 0 heteroatoms. The van der Waals surface area contributed by atoms with Crippen molar-refractivity contribution in [3.05, 3.63) is 23.3 Å². The molecule has 2 aliphatic carbocycles. The van der Waals surface area contributed by atoms with Crippen LogP contribution in [0.2, 0.25) is 0 Å². The summed E-state index contributed by atoms with van der Waals surface area (Å²) in [6.07, 6.45) is 0. The van der Waals surface area contributed by atoms with E-state index in [1.54, 1.807) is 5.57 Å². The lowest BCUT2D eigenvalue weighted by molar-refractivity contribution is 0.542. The molecule has 0 nitrogen and oxygen atoms in total. The first-order chi connectivity index (χ1) is 5.38. The second kappa shape index (κ2) is 1.71. The molecule has 0 aliphatic heterocycles. The quantitative estimate of drug-likeness (QED) is 0.511. The Kier molecular flexibility index (Phi) is 1.15. The Labute approximate surface area is 75.4 Å². The van der Waals surface area contributed by atoms with E-state index in [1.165, 1.54) is 11.1 Å². The number of allylic oxidation sites excluding steroid dienone is 3. The Morgan fingerprint density at radius 3 is 1.92 bits per heavy atom. The molecule has 0 aromatic carbocycles. The summed E-state index contributed by atoms with van der Waals surface area (Å²) in [5.74, 6) is 0.793. The third-order valence-corrected chi connectivity index (χ3v) is 5.15. The fourth-order valence-electron chi connectivity index (χ4n) is 3.35. The summed E-state index contributed by atoms with van der Waals surface area (Å²) in [7, 11) is 0. The zero-order valence-corrected chi connectivity index (χ0v) is 8.78. The molecule has 12 heavy (non-hydrogen) atoms. The molecule has 0 heterocycles. The summed E-state index contributed by atoms with van der Waals surface area (Å²) in [5, 5.41) is 0. The highest BCUT2D eigenvalue weighted by Crippen LogP contribution is 2.80. The predicted octanol–water partition coefficient (Wildman–Crippen LogP) is 3.55. The van der Waals surface area contributed by atoms with E-state index in [1.807, 2.05) is 0 Å². The van der Waals surface area contributed by atoms with Gasteiger partial charge >= 0.3 is 0 Å². The Bertz CT molecular complexity index is 308. The molecule has 0 N–H and O–H groups in total. The van der Waals surface area contributed by atoms with Crippen molar-refractivity contribution in [2.24, 2.45) is 16.7 Å². The van der Waals surface area contributed by atoms with Gasteiger partial charge in [-0.3, -0.25) is 0 Å². The van der Waals surface area contributed by atoms with Crippen molar-refractivity contribution in [3.63, 3.8) is 0 Å². The van der Waals surface area contributed by atoms with Crippen LogP contribution >= 0.6 is 0 Å². The van der Waals surface area contributed by atoms with Gasteiger partial charge in [-0.25, -0.2) is 0 Å². The highest BCUT2D eigenvalue weighted by Gasteiger charge is 2.73. The normalized spacial score (nSPS) is 51.4. The van der Waals surface area contributed by atoms with E-state index in [0.29, 0.717) is 10.8 Å². The monoisotopic (exact) mass is 162 g/mol. The highest BCUT2D eigenvalue weighted by atomic mass is 14.8. The predicted molar refractivity (Wildman–Crippen MR) is 52.9 cm³/mol. The molecule has 1 saturated carbocycles. The van der Waals surface area contributed by atoms with Crippen LogP contribution < -0.4 is 0 Å². The van der Waals surface area contributed by atoms with Gasteiger partial charge in [0.05, 0.1) is 0 Å². The van der Waals surface area contributed by atoms with Gasteiger partial charge in [-0.1, -0.05) is 32.9 Å². The fraction of sp³-hybridized carbons (Fsp3) is 0.667. The van der Waals surface area contributed by atoms with E-state index in [-0.39, 0.29) is 0 Å². The van der Waals surface area contributed by atoms with Gasteiger partial charge in [0.2, 0.25) is 0 Å². The molecule has 0 spiro atoms. The largest absolute Gasteiger partial charge is 0.0950 e. The van der Waals surface area contributed by atoms with Crippen molar-refractivity contribution in [1.29, 1.82) is 0 Å². The van der Waals surface area contributed by atoms with Crippen molar-refractivity contribution in [1.82, 2.24) is 0 Å². The van der Waals surface area contributed by atoms with Crippen molar-refractivity contribution in [3.8, 4) is 0 Å². The summed E-state index contributed by atoms with van der Waals surface area (Å²) in [6, 6.07) is 0. The molecule has 2 rings (SSSR count). The zero-order chi connectivity index (χ0) is 9.31. The van der Waals surface area contributed by atoms with E-state index in [2.05, 4.69) is 41.2 Å². The van der Waals surface area contributed by atoms with Gasteiger partial charge in [0.25, 0.3) is 0 Å². The average Bonchev–Trinajstić information content (AvgIpc) is 2.45. The van der Waals surface area contributed by atoms with Crippen LogP contribution in [0.5, 0.6) is 0 Å². The maximum atomic E-state index is 4.22. The smallest absolute Gasteiger partial charge is 0.00495 e. The van der Waals surface area contributed by atoms with Gasteiger partial charge < -0.3 is 0 Å². The molecule has 66 valence electrons. The minimum Gasteiger partial charge on any atom is -0.0950 e. The zero-order valence-electron chi connectivity index (χ0n) is 8.78. The first kappa shape index (κ1) is 8.10. The first-order valence-corrected chi connectivity index (χ1v) is 4.76. The van der Waals surface area contributed by atoms with Crippen LogP contribution in [-0.4, -0.2) is 0 Å². The summed E-state index contributed by atoms with van der Waals surface area (Å²) in [5.41, 5.74) is 5.24. The first-order valence-electron chi connectivity index (χ1n) is 4.76. The van der Waals surface area contributed by atoms with Crippen LogP contribution in [0.1, 0.15) is 34.6 Å². The number of rotatable bonds is 0. The van der Waals surface area contributed by atoms with Gasteiger partial charge in [-0.2, -0.15) is 0 Å². The third-order valence-electron chi connectivity index (χ3n) is 5.15. The second-order valence-corrected chi connectivity index (χ2v) is 4.85. The fourth-order valence-corrected chi connectivity index (χ4v) is 3.35. The van der Waals surface area contributed by atoms with Gasteiger partial charge in [-0.05, 0) is 30.9 Å².